The van der Waals surface area contributed by atoms with Gasteiger partial charge in [-0.3, -0.25) is 4.79 Å². The van der Waals surface area contributed by atoms with Gasteiger partial charge in [-0.05, 0) is 43.7 Å². The van der Waals surface area contributed by atoms with Crippen molar-refractivity contribution in [2.75, 3.05) is 17.2 Å². The number of benzene rings is 2. The van der Waals surface area contributed by atoms with E-state index in [0.717, 1.165) is 17.8 Å². The van der Waals surface area contributed by atoms with Crippen molar-refractivity contribution in [2.24, 2.45) is 0 Å². The fourth-order valence-electron chi connectivity index (χ4n) is 1.98. The number of rotatable bonds is 4. The van der Waals surface area contributed by atoms with Gasteiger partial charge in [0.25, 0.3) is 5.91 Å². The number of hydrogen-bond acceptors (Lipinski definition) is 2. The van der Waals surface area contributed by atoms with Crippen LogP contribution >= 0.6 is 23.2 Å². The molecule has 2 rings (SSSR count). The monoisotopic (exact) mass is 322 g/mol. The number of halogens is 2. The highest BCUT2D eigenvalue weighted by Crippen LogP contribution is 2.30. The van der Waals surface area contributed by atoms with Crippen LogP contribution in [0.3, 0.4) is 0 Å². The molecule has 3 nitrogen and oxygen atoms in total. The summed E-state index contributed by atoms with van der Waals surface area (Å²) in [5, 5.41) is 6.73. The molecule has 0 unspecified atom stereocenters. The van der Waals surface area contributed by atoms with E-state index in [1.165, 1.54) is 0 Å². The van der Waals surface area contributed by atoms with Gasteiger partial charge in [-0.2, -0.15) is 0 Å². The molecule has 0 saturated heterocycles. The quantitative estimate of drug-likeness (QED) is 0.832. The van der Waals surface area contributed by atoms with Crippen LogP contribution in [-0.4, -0.2) is 12.5 Å². The molecule has 110 valence electrons. The second-order valence-electron chi connectivity index (χ2n) is 4.63. The van der Waals surface area contributed by atoms with Crippen LogP contribution in [0.1, 0.15) is 22.8 Å². The normalized spacial score (nSPS) is 10.3. The van der Waals surface area contributed by atoms with Gasteiger partial charge in [-0.1, -0.05) is 35.3 Å². The zero-order valence-electron chi connectivity index (χ0n) is 11.8. The molecule has 0 aliphatic carbocycles. The van der Waals surface area contributed by atoms with E-state index in [9.17, 15) is 4.79 Å². The first-order chi connectivity index (χ1) is 10.0. The Balaban J connectivity index is 2.30. The summed E-state index contributed by atoms with van der Waals surface area (Å²) in [5.41, 5.74) is 2.95. The molecule has 0 heterocycles. The van der Waals surface area contributed by atoms with Crippen LogP contribution in [0.5, 0.6) is 0 Å². The van der Waals surface area contributed by atoms with E-state index in [-0.39, 0.29) is 5.91 Å². The predicted octanol–water partition coefficient (Wildman–Crippen LogP) is 4.99. The maximum atomic E-state index is 12.4. The molecule has 0 aliphatic rings. The molecule has 21 heavy (non-hydrogen) atoms. The molecule has 0 bridgehead atoms. The number of carbonyl (C=O) groups excluding carboxylic acids is 1. The van der Waals surface area contributed by atoms with Crippen LogP contribution < -0.4 is 10.6 Å². The standard InChI is InChI=1S/C16H16Cl2N2O/c1-3-19-14-9-10(2)7-8-11(14)16(21)20-13-6-4-5-12(17)15(13)18/h4-9,19H,3H2,1-2H3,(H,20,21). The summed E-state index contributed by atoms with van der Waals surface area (Å²) in [5.74, 6) is -0.227. The maximum absolute atomic E-state index is 12.4. The molecule has 0 aromatic heterocycles. The Morgan fingerprint density at radius 2 is 1.90 bits per heavy atom. The van der Waals surface area contributed by atoms with Gasteiger partial charge in [0, 0.05) is 12.2 Å². The molecule has 0 radical (unpaired) electrons. The molecule has 0 atom stereocenters. The SMILES string of the molecule is CCNc1cc(C)ccc1C(=O)Nc1cccc(Cl)c1Cl. The van der Waals surface area contributed by atoms with Crippen molar-refractivity contribution in [3.63, 3.8) is 0 Å². The summed E-state index contributed by atoms with van der Waals surface area (Å²) in [6.45, 7) is 4.70. The fourth-order valence-corrected chi connectivity index (χ4v) is 2.33. The predicted molar refractivity (Wildman–Crippen MR) is 89.8 cm³/mol. The van der Waals surface area contributed by atoms with E-state index >= 15 is 0 Å². The highest BCUT2D eigenvalue weighted by atomic mass is 35.5. The topological polar surface area (TPSA) is 41.1 Å². The number of hydrogen-bond donors (Lipinski definition) is 2. The second-order valence-corrected chi connectivity index (χ2v) is 5.42. The lowest BCUT2D eigenvalue weighted by molar-refractivity contribution is 0.102. The highest BCUT2D eigenvalue weighted by Gasteiger charge is 2.13. The Kier molecular flexibility index (Phi) is 5.10. The van der Waals surface area contributed by atoms with Gasteiger partial charge in [-0.15, -0.1) is 0 Å². The summed E-state index contributed by atoms with van der Waals surface area (Å²) >= 11 is 12.0. The second kappa shape index (κ2) is 6.83. The van der Waals surface area contributed by atoms with E-state index in [0.29, 0.717) is 21.3 Å². The van der Waals surface area contributed by atoms with E-state index in [1.807, 2.05) is 26.0 Å². The number of amides is 1. The van der Waals surface area contributed by atoms with Gasteiger partial charge in [0.1, 0.15) is 0 Å². The Bertz CT molecular complexity index is 671. The number of anilines is 2. The third-order valence-electron chi connectivity index (χ3n) is 2.99. The van der Waals surface area contributed by atoms with Crippen molar-refractivity contribution < 1.29 is 4.79 Å². The molecular weight excluding hydrogens is 307 g/mol. The molecular formula is C16H16Cl2N2O. The zero-order chi connectivity index (χ0) is 15.4. The van der Waals surface area contributed by atoms with E-state index in [2.05, 4.69) is 10.6 Å². The molecule has 0 spiro atoms. The van der Waals surface area contributed by atoms with Gasteiger partial charge in [0.05, 0.1) is 21.3 Å². The molecule has 2 aromatic carbocycles. The maximum Gasteiger partial charge on any atom is 0.257 e. The van der Waals surface area contributed by atoms with Crippen LogP contribution in [0.2, 0.25) is 10.0 Å². The zero-order valence-corrected chi connectivity index (χ0v) is 13.3. The minimum atomic E-state index is -0.227. The van der Waals surface area contributed by atoms with Crippen LogP contribution in [0.25, 0.3) is 0 Å². The van der Waals surface area contributed by atoms with Gasteiger partial charge in [0.2, 0.25) is 0 Å². The van der Waals surface area contributed by atoms with Gasteiger partial charge in [0.15, 0.2) is 0 Å². The Morgan fingerprint density at radius 3 is 2.62 bits per heavy atom. The Labute approximate surface area is 134 Å². The van der Waals surface area contributed by atoms with Gasteiger partial charge < -0.3 is 10.6 Å². The molecule has 2 aromatic rings. The van der Waals surface area contributed by atoms with E-state index in [1.54, 1.807) is 24.3 Å². The highest BCUT2D eigenvalue weighted by molar-refractivity contribution is 6.44. The van der Waals surface area contributed by atoms with E-state index < -0.39 is 0 Å². The Hall–Kier alpha value is -1.71. The minimum Gasteiger partial charge on any atom is -0.385 e. The average Bonchev–Trinajstić information content (AvgIpc) is 2.44. The molecule has 0 fully saturated rings. The molecule has 5 heteroatoms. The van der Waals surface area contributed by atoms with Crippen molar-refractivity contribution >= 4 is 40.5 Å². The first-order valence-corrected chi connectivity index (χ1v) is 7.38. The average molecular weight is 323 g/mol. The Morgan fingerprint density at radius 1 is 1.14 bits per heavy atom. The van der Waals surface area contributed by atoms with Crippen LogP contribution in [0, 0.1) is 6.92 Å². The number of carbonyl (C=O) groups is 1. The van der Waals surface area contributed by atoms with Crippen molar-refractivity contribution in [1.82, 2.24) is 0 Å². The molecule has 2 N–H and O–H groups in total. The lowest BCUT2D eigenvalue weighted by Crippen LogP contribution is -2.15. The number of aryl methyl sites for hydroxylation is 1. The largest absolute Gasteiger partial charge is 0.385 e. The van der Waals surface area contributed by atoms with Crippen LogP contribution in [-0.2, 0) is 0 Å². The first-order valence-electron chi connectivity index (χ1n) is 6.62. The lowest BCUT2D eigenvalue weighted by atomic mass is 10.1. The lowest BCUT2D eigenvalue weighted by Gasteiger charge is -2.13. The summed E-state index contributed by atoms with van der Waals surface area (Å²) in [6.07, 6.45) is 0. The summed E-state index contributed by atoms with van der Waals surface area (Å²) in [4.78, 5) is 12.4. The number of nitrogens with one attached hydrogen (secondary N) is 2. The van der Waals surface area contributed by atoms with Gasteiger partial charge >= 0.3 is 0 Å². The first kappa shape index (κ1) is 15.7. The molecule has 0 aliphatic heterocycles. The van der Waals surface area contributed by atoms with E-state index in [4.69, 9.17) is 23.2 Å². The minimum absolute atomic E-state index is 0.227. The summed E-state index contributed by atoms with van der Waals surface area (Å²) in [6, 6.07) is 10.8. The van der Waals surface area contributed by atoms with Gasteiger partial charge in [-0.25, -0.2) is 0 Å². The van der Waals surface area contributed by atoms with Crippen LogP contribution in [0.4, 0.5) is 11.4 Å². The van der Waals surface area contributed by atoms with Crippen molar-refractivity contribution in [1.29, 1.82) is 0 Å². The molecule has 1 amide bonds. The molecule has 0 saturated carbocycles. The van der Waals surface area contributed by atoms with Crippen molar-refractivity contribution in [3.05, 3.63) is 57.6 Å². The smallest absolute Gasteiger partial charge is 0.257 e. The van der Waals surface area contributed by atoms with Crippen LogP contribution in [0.15, 0.2) is 36.4 Å². The van der Waals surface area contributed by atoms with Crippen molar-refractivity contribution in [2.45, 2.75) is 13.8 Å². The summed E-state index contributed by atoms with van der Waals surface area (Å²) in [7, 11) is 0. The summed E-state index contributed by atoms with van der Waals surface area (Å²) < 4.78 is 0. The third kappa shape index (κ3) is 3.69. The van der Waals surface area contributed by atoms with Crippen molar-refractivity contribution in [3.8, 4) is 0 Å². The fraction of sp³-hybridized carbons (Fsp3) is 0.188. The third-order valence-corrected chi connectivity index (χ3v) is 3.81.